The lowest BCUT2D eigenvalue weighted by Gasteiger charge is -2.11. The summed E-state index contributed by atoms with van der Waals surface area (Å²) in [6, 6.07) is 9.53. The molecule has 0 saturated carbocycles. The van der Waals surface area contributed by atoms with Crippen molar-refractivity contribution in [3.63, 3.8) is 0 Å². The molecule has 1 atom stereocenters. The van der Waals surface area contributed by atoms with Gasteiger partial charge in [0.25, 0.3) is 0 Å². The van der Waals surface area contributed by atoms with Crippen LogP contribution in [0.15, 0.2) is 42.5 Å². The highest BCUT2D eigenvalue weighted by molar-refractivity contribution is 5.99. The molecule has 0 radical (unpaired) electrons. The summed E-state index contributed by atoms with van der Waals surface area (Å²) < 4.78 is 0. The maximum Gasteiger partial charge on any atom is 0.169 e. The van der Waals surface area contributed by atoms with Crippen LogP contribution in [0, 0.1) is 0 Å². The number of phenolic OH excluding ortho intramolecular Hbond substituents is 3. The van der Waals surface area contributed by atoms with Crippen LogP contribution >= 0.6 is 0 Å². The highest BCUT2D eigenvalue weighted by Crippen LogP contribution is 2.27. The molecule has 2 aromatic carbocycles. The number of aliphatic hydroxyl groups excluding tert-OH is 1. The Bertz CT molecular complexity index is 619. The van der Waals surface area contributed by atoms with Gasteiger partial charge in [-0.3, -0.25) is 4.79 Å². The van der Waals surface area contributed by atoms with E-state index in [2.05, 4.69) is 0 Å². The lowest BCUT2D eigenvalue weighted by Crippen LogP contribution is -2.07. The molecule has 4 N–H and O–H groups in total. The second-order valence-electron chi connectivity index (χ2n) is 4.44. The molecule has 1 unspecified atom stereocenters. The summed E-state index contributed by atoms with van der Waals surface area (Å²) in [5.41, 5.74) is 0.537. The standard InChI is InChI=1S/C15H14O5/c16-10-3-1-9(2-4-10)13(18)8-15(20)12-6-5-11(17)7-14(12)19/h1-7,13,16-19H,8H2. The van der Waals surface area contributed by atoms with E-state index in [0.29, 0.717) is 5.56 Å². The molecule has 0 bridgehead atoms. The molecule has 0 amide bonds. The molecule has 2 rings (SSSR count). The Balaban J connectivity index is 2.13. The van der Waals surface area contributed by atoms with Crippen molar-refractivity contribution >= 4 is 5.78 Å². The van der Waals surface area contributed by atoms with Crippen molar-refractivity contribution in [1.29, 1.82) is 0 Å². The maximum atomic E-state index is 12.0. The number of rotatable bonds is 4. The summed E-state index contributed by atoms with van der Waals surface area (Å²) in [6.45, 7) is 0. The van der Waals surface area contributed by atoms with E-state index >= 15 is 0 Å². The second kappa shape index (κ2) is 5.63. The number of aromatic hydroxyl groups is 3. The minimum Gasteiger partial charge on any atom is -0.508 e. The molecule has 0 aliphatic heterocycles. The lowest BCUT2D eigenvalue weighted by atomic mass is 9.99. The first kappa shape index (κ1) is 13.9. The van der Waals surface area contributed by atoms with E-state index in [1.54, 1.807) is 0 Å². The van der Waals surface area contributed by atoms with Crippen molar-refractivity contribution in [3.8, 4) is 17.2 Å². The van der Waals surface area contributed by atoms with Gasteiger partial charge in [-0.05, 0) is 29.8 Å². The van der Waals surface area contributed by atoms with Gasteiger partial charge in [-0.15, -0.1) is 0 Å². The van der Waals surface area contributed by atoms with E-state index in [0.717, 1.165) is 6.07 Å². The van der Waals surface area contributed by atoms with Crippen molar-refractivity contribution in [2.75, 3.05) is 0 Å². The first-order valence-corrected chi connectivity index (χ1v) is 5.99. The van der Waals surface area contributed by atoms with Gasteiger partial charge >= 0.3 is 0 Å². The number of phenols is 3. The molecule has 20 heavy (non-hydrogen) atoms. The Morgan fingerprint density at radius 3 is 2.15 bits per heavy atom. The van der Waals surface area contributed by atoms with Gasteiger partial charge in [0.15, 0.2) is 5.78 Å². The lowest BCUT2D eigenvalue weighted by molar-refractivity contribution is 0.0877. The molecule has 0 aliphatic carbocycles. The zero-order chi connectivity index (χ0) is 14.7. The van der Waals surface area contributed by atoms with Gasteiger partial charge in [0.1, 0.15) is 17.2 Å². The van der Waals surface area contributed by atoms with Gasteiger partial charge in [-0.2, -0.15) is 0 Å². The fraction of sp³-hybridized carbons (Fsp3) is 0.133. The Labute approximate surface area is 115 Å². The third-order valence-electron chi connectivity index (χ3n) is 2.94. The summed E-state index contributed by atoms with van der Waals surface area (Å²) in [7, 11) is 0. The van der Waals surface area contributed by atoms with E-state index in [1.165, 1.54) is 36.4 Å². The van der Waals surface area contributed by atoms with Crippen LogP contribution < -0.4 is 0 Å². The van der Waals surface area contributed by atoms with Crippen LogP contribution in [-0.2, 0) is 0 Å². The minimum absolute atomic E-state index is 0.0422. The molecular formula is C15H14O5. The van der Waals surface area contributed by atoms with Crippen LogP contribution in [0.1, 0.15) is 28.4 Å². The topological polar surface area (TPSA) is 98.0 Å². The van der Waals surface area contributed by atoms with Crippen LogP contribution in [0.3, 0.4) is 0 Å². The van der Waals surface area contributed by atoms with Crippen LogP contribution in [0.25, 0.3) is 0 Å². The third kappa shape index (κ3) is 3.07. The number of carbonyl (C=O) groups excluding carboxylic acids is 1. The maximum absolute atomic E-state index is 12.0. The Morgan fingerprint density at radius 1 is 0.950 bits per heavy atom. The molecule has 5 nitrogen and oxygen atoms in total. The first-order chi connectivity index (χ1) is 9.47. The summed E-state index contributed by atoms with van der Waals surface area (Å²) in [5.74, 6) is -0.836. The third-order valence-corrected chi connectivity index (χ3v) is 2.94. The average Bonchev–Trinajstić information content (AvgIpc) is 2.39. The quantitative estimate of drug-likeness (QED) is 0.640. The monoisotopic (exact) mass is 274 g/mol. The summed E-state index contributed by atoms with van der Waals surface area (Å²) >= 11 is 0. The van der Waals surface area contributed by atoms with Gasteiger partial charge in [0, 0.05) is 12.5 Å². The predicted octanol–water partition coefficient (Wildman–Crippen LogP) is 2.11. The molecule has 0 aliphatic rings. The smallest absolute Gasteiger partial charge is 0.169 e. The molecule has 0 fully saturated rings. The van der Waals surface area contributed by atoms with Crippen molar-refractivity contribution in [2.24, 2.45) is 0 Å². The molecule has 0 heterocycles. The average molecular weight is 274 g/mol. The first-order valence-electron chi connectivity index (χ1n) is 5.99. The van der Waals surface area contributed by atoms with E-state index in [4.69, 9.17) is 10.2 Å². The number of ketones is 1. The Morgan fingerprint density at radius 2 is 1.55 bits per heavy atom. The van der Waals surface area contributed by atoms with E-state index in [1.807, 2.05) is 0 Å². The fourth-order valence-corrected chi connectivity index (χ4v) is 1.86. The van der Waals surface area contributed by atoms with E-state index < -0.39 is 11.9 Å². The Kier molecular flexibility index (Phi) is 3.91. The van der Waals surface area contributed by atoms with Gasteiger partial charge in [-0.1, -0.05) is 12.1 Å². The second-order valence-corrected chi connectivity index (χ2v) is 4.44. The number of hydrogen-bond donors (Lipinski definition) is 4. The summed E-state index contributed by atoms with van der Waals surface area (Å²) in [6.07, 6.45) is -1.24. The zero-order valence-corrected chi connectivity index (χ0v) is 10.5. The highest BCUT2D eigenvalue weighted by atomic mass is 16.3. The van der Waals surface area contributed by atoms with Crippen LogP contribution in [0.2, 0.25) is 0 Å². The predicted molar refractivity (Wildman–Crippen MR) is 71.8 cm³/mol. The van der Waals surface area contributed by atoms with Crippen molar-refractivity contribution in [3.05, 3.63) is 53.6 Å². The van der Waals surface area contributed by atoms with Crippen LogP contribution in [0.5, 0.6) is 17.2 Å². The number of aliphatic hydroxyl groups is 1. The van der Waals surface area contributed by atoms with Crippen molar-refractivity contribution in [2.45, 2.75) is 12.5 Å². The largest absolute Gasteiger partial charge is 0.508 e. The molecule has 0 saturated heterocycles. The summed E-state index contributed by atoms with van der Waals surface area (Å²) in [5, 5.41) is 37.9. The number of hydrogen-bond acceptors (Lipinski definition) is 5. The molecular weight excluding hydrogens is 260 g/mol. The number of carbonyl (C=O) groups is 1. The summed E-state index contributed by atoms with van der Waals surface area (Å²) in [4.78, 5) is 12.0. The van der Waals surface area contributed by atoms with Crippen LogP contribution in [-0.4, -0.2) is 26.2 Å². The Hall–Kier alpha value is -2.53. The van der Waals surface area contributed by atoms with Gasteiger partial charge in [-0.25, -0.2) is 0 Å². The van der Waals surface area contributed by atoms with E-state index in [-0.39, 0.29) is 29.2 Å². The van der Waals surface area contributed by atoms with Gasteiger partial charge in [0.05, 0.1) is 11.7 Å². The van der Waals surface area contributed by atoms with Gasteiger partial charge < -0.3 is 20.4 Å². The SMILES string of the molecule is O=C(CC(O)c1ccc(O)cc1)c1ccc(O)cc1O. The van der Waals surface area contributed by atoms with Gasteiger partial charge in [0.2, 0.25) is 0 Å². The molecule has 5 heteroatoms. The zero-order valence-electron chi connectivity index (χ0n) is 10.5. The number of Topliss-reactive ketones (excluding diaryl/α,β-unsaturated/α-hetero) is 1. The highest BCUT2D eigenvalue weighted by Gasteiger charge is 2.17. The molecule has 2 aromatic rings. The van der Waals surface area contributed by atoms with Crippen molar-refractivity contribution < 1.29 is 25.2 Å². The fourth-order valence-electron chi connectivity index (χ4n) is 1.86. The van der Waals surface area contributed by atoms with Crippen molar-refractivity contribution in [1.82, 2.24) is 0 Å². The minimum atomic E-state index is -1.03. The number of benzene rings is 2. The van der Waals surface area contributed by atoms with E-state index in [9.17, 15) is 15.0 Å². The molecule has 0 spiro atoms. The molecule has 104 valence electrons. The van der Waals surface area contributed by atoms with Crippen LogP contribution in [0.4, 0.5) is 0 Å². The normalized spacial score (nSPS) is 12.1. The molecule has 0 aromatic heterocycles.